The van der Waals surface area contributed by atoms with Gasteiger partial charge in [0.25, 0.3) is 5.91 Å². The van der Waals surface area contributed by atoms with E-state index in [0.717, 1.165) is 11.3 Å². The van der Waals surface area contributed by atoms with E-state index in [1.54, 1.807) is 18.6 Å². The number of carbonyl (C=O) groups excluding carboxylic acids is 1. The summed E-state index contributed by atoms with van der Waals surface area (Å²) in [7, 11) is 0. The second kappa shape index (κ2) is 5.40. The predicted molar refractivity (Wildman–Crippen MR) is 71.7 cm³/mol. The number of nitrogens with zero attached hydrogens (tertiary/aromatic N) is 2. The Balaban J connectivity index is 1.69. The molecule has 0 aliphatic rings. The molecule has 1 amide bonds. The first-order chi connectivity index (χ1) is 9.83. The molecule has 0 bridgehead atoms. The van der Waals surface area contributed by atoms with Crippen molar-refractivity contribution in [3.63, 3.8) is 0 Å². The minimum atomic E-state index is -0.311. The topological polar surface area (TPSA) is 83.8 Å². The van der Waals surface area contributed by atoms with Crippen molar-refractivity contribution in [1.82, 2.24) is 20.4 Å². The first-order valence-corrected chi connectivity index (χ1v) is 6.10. The van der Waals surface area contributed by atoms with Crippen LogP contribution in [-0.2, 0) is 6.54 Å². The van der Waals surface area contributed by atoms with Crippen molar-refractivity contribution in [3.8, 4) is 11.3 Å². The molecule has 2 N–H and O–H groups in total. The molecule has 3 aromatic rings. The van der Waals surface area contributed by atoms with Crippen LogP contribution in [0.1, 0.15) is 16.2 Å². The van der Waals surface area contributed by atoms with Gasteiger partial charge in [-0.2, -0.15) is 0 Å². The smallest absolute Gasteiger partial charge is 0.290 e. The van der Waals surface area contributed by atoms with Crippen molar-refractivity contribution in [2.75, 3.05) is 0 Å². The van der Waals surface area contributed by atoms with Crippen LogP contribution in [0.2, 0.25) is 0 Å². The van der Waals surface area contributed by atoms with Crippen LogP contribution in [0.4, 0.5) is 0 Å². The molecule has 2 heterocycles. The third kappa shape index (κ3) is 2.59. The zero-order valence-electron chi connectivity index (χ0n) is 10.5. The Labute approximate surface area is 114 Å². The van der Waals surface area contributed by atoms with Crippen molar-refractivity contribution >= 4 is 5.91 Å². The van der Waals surface area contributed by atoms with E-state index in [1.807, 2.05) is 30.3 Å². The van der Waals surface area contributed by atoms with Gasteiger partial charge in [0, 0.05) is 17.8 Å². The first kappa shape index (κ1) is 12.2. The predicted octanol–water partition coefficient (Wildman–Crippen LogP) is 1.99. The van der Waals surface area contributed by atoms with Crippen LogP contribution in [0.15, 0.2) is 53.4 Å². The molecule has 2 aromatic heterocycles. The monoisotopic (exact) mass is 268 g/mol. The van der Waals surface area contributed by atoms with Crippen molar-refractivity contribution in [2.45, 2.75) is 6.54 Å². The van der Waals surface area contributed by atoms with E-state index in [-0.39, 0.29) is 11.7 Å². The van der Waals surface area contributed by atoms with Gasteiger partial charge < -0.3 is 14.8 Å². The summed E-state index contributed by atoms with van der Waals surface area (Å²) in [4.78, 5) is 18.7. The maximum atomic E-state index is 11.9. The Morgan fingerprint density at radius 2 is 2.15 bits per heavy atom. The molecule has 1 aromatic carbocycles. The molecule has 100 valence electrons. The minimum Gasteiger partial charge on any atom is -0.350 e. The summed E-state index contributed by atoms with van der Waals surface area (Å²) in [6, 6.07) is 11.2. The normalized spacial score (nSPS) is 10.4. The summed E-state index contributed by atoms with van der Waals surface area (Å²) in [5.74, 6) is -0.127. The van der Waals surface area contributed by atoms with Gasteiger partial charge in [0.2, 0.25) is 5.76 Å². The molecule has 0 spiro atoms. The molecular formula is C14H12N4O2. The molecule has 6 nitrogen and oxygen atoms in total. The lowest BCUT2D eigenvalue weighted by molar-refractivity contribution is 0.0913. The lowest BCUT2D eigenvalue weighted by Gasteiger charge is -1.98. The van der Waals surface area contributed by atoms with Gasteiger partial charge in [0.15, 0.2) is 0 Å². The molecule has 20 heavy (non-hydrogen) atoms. The number of benzene rings is 1. The lowest BCUT2D eigenvalue weighted by Crippen LogP contribution is -2.22. The number of hydrogen-bond acceptors (Lipinski definition) is 4. The fourth-order valence-electron chi connectivity index (χ4n) is 1.77. The van der Waals surface area contributed by atoms with Crippen molar-refractivity contribution in [3.05, 3.63) is 60.4 Å². The van der Waals surface area contributed by atoms with Gasteiger partial charge >= 0.3 is 0 Å². The highest BCUT2D eigenvalue weighted by Crippen LogP contribution is 2.18. The standard InChI is InChI=1S/C14H12N4O2/c19-14(16-8-11-7-15-9-17-11)13-6-12(18-20-13)10-4-2-1-3-5-10/h1-7,9H,8H2,(H,15,17)(H,16,19). The van der Waals surface area contributed by atoms with Crippen LogP contribution in [0.3, 0.4) is 0 Å². The van der Waals surface area contributed by atoms with Gasteiger partial charge in [0.05, 0.1) is 18.6 Å². The number of nitrogens with one attached hydrogen (secondary N) is 2. The SMILES string of the molecule is O=C(NCc1cnc[nH]1)c1cc(-c2ccccc2)no1. The van der Waals surface area contributed by atoms with E-state index in [9.17, 15) is 4.79 Å². The van der Waals surface area contributed by atoms with Crippen LogP contribution in [0, 0.1) is 0 Å². The van der Waals surface area contributed by atoms with E-state index < -0.39 is 0 Å². The number of rotatable bonds is 4. The van der Waals surface area contributed by atoms with Gasteiger partial charge in [-0.25, -0.2) is 4.98 Å². The molecule has 6 heteroatoms. The van der Waals surface area contributed by atoms with Crippen molar-refractivity contribution in [1.29, 1.82) is 0 Å². The fraction of sp³-hybridized carbons (Fsp3) is 0.0714. The quantitative estimate of drug-likeness (QED) is 0.758. The Morgan fingerprint density at radius 3 is 2.90 bits per heavy atom. The molecule has 0 unspecified atom stereocenters. The highest BCUT2D eigenvalue weighted by atomic mass is 16.5. The van der Waals surface area contributed by atoms with Crippen LogP contribution in [0.5, 0.6) is 0 Å². The lowest BCUT2D eigenvalue weighted by atomic mass is 10.1. The van der Waals surface area contributed by atoms with Crippen molar-refractivity contribution in [2.24, 2.45) is 0 Å². The van der Waals surface area contributed by atoms with Crippen LogP contribution >= 0.6 is 0 Å². The van der Waals surface area contributed by atoms with Gasteiger partial charge in [0.1, 0.15) is 5.69 Å². The number of aromatic nitrogens is 3. The summed E-state index contributed by atoms with van der Waals surface area (Å²) >= 11 is 0. The Hall–Kier alpha value is -2.89. The third-order valence-electron chi connectivity index (χ3n) is 2.80. The number of imidazole rings is 1. The van der Waals surface area contributed by atoms with E-state index >= 15 is 0 Å². The number of aromatic amines is 1. The number of amides is 1. The summed E-state index contributed by atoms with van der Waals surface area (Å²) in [5.41, 5.74) is 2.36. The average Bonchev–Trinajstić information content (AvgIpc) is 3.17. The summed E-state index contributed by atoms with van der Waals surface area (Å²) < 4.78 is 5.06. The Morgan fingerprint density at radius 1 is 1.30 bits per heavy atom. The largest absolute Gasteiger partial charge is 0.350 e. The Bertz CT molecular complexity index is 689. The highest BCUT2D eigenvalue weighted by molar-refractivity contribution is 5.92. The van der Waals surface area contributed by atoms with Gasteiger partial charge in [-0.3, -0.25) is 4.79 Å². The van der Waals surface area contributed by atoms with Crippen LogP contribution in [-0.4, -0.2) is 21.0 Å². The molecule has 0 saturated carbocycles. The van der Waals surface area contributed by atoms with E-state index in [0.29, 0.717) is 12.2 Å². The molecule has 0 aliphatic heterocycles. The highest BCUT2D eigenvalue weighted by Gasteiger charge is 2.13. The molecule has 3 rings (SSSR count). The minimum absolute atomic E-state index is 0.184. The first-order valence-electron chi connectivity index (χ1n) is 6.10. The molecular weight excluding hydrogens is 256 g/mol. The summed E-state index contributed by atoms with van der Waals surface area (Å²) in [5, 5.41) is 6.62. The molecule has 0 radical (unpaired) electrons. The van der Waals surface area contributed by atoms with Crippen LogP contribution in [0.25, 0.3) is 11.3 Å². The molecule has 0 atom stereocenters. The zero-order chi connectivity index (χ0) is 13.8. The number of carbonyl (C=O) groups is 1. The second-order valence-corrected chi connectivity index (χ2v) is 4.20. The fourth-order valence-corrected chi connectivity index (χ4v) is 1.77. The van der Waals surface area contributed by atoms with E-state index in [2.05, 4.69) is 20.4 Å². The van der Waals surface area contributed by atoms with Crippen LogP contribution < -0.4 is 5.32 Å². The maximum Gasteiger partial charge on any atom is 0.290 e. The van der Waals surface area contributed by atoms with Gasteiger partial charge in [-0.05, 0) is 0 Å². The van der Waals surface area contributed by atoms with Crippen molar-refractivity contribution < 1.29 is 9.32 Å². The number of hydrogen-bond donors (Lipinski definition) is 2. The van der Waals surface area contributed by atoms with Gasteiger partial charge in [-0.1, -0.05) is 35.5 Å². The van der Waals surface area contributed by atoms with E-state index in [4.69, 9.17) is 4.52 Å². The summed E-state index contributed by atoms with van der Waals surface area (Å²) in [6.07, 6.45) is 3.21. The third-order valence-corrected chi connectivity index (χ3v) is 2.80. The maximum absolute atomic E-state index is 11.9. The second-order valence-electron chi connectivity index (χ2n) is 4.20. The summed E-state index contributed by atoms with van der Waals surface area (Å²) in [6.45, 7) is 0.361. The van der Waals surface area contributed by atoms with Gasteiger partial charge in [-0.15, -0.1) is 0 Å². The van der Waals surface area contributed by atoms with E-state index in [1.165, 1.54) is 0 Å². The Kier molecular flexibility index (Phi) is 3.28. The molecule has 0 saturated heterocycles. The average molecular weight is 268 g/mol. The number of H-pyrrole nitrogens is 1. The molecule has 0 aliphatic carbocycles. The molecule has 0 fully saturated rings. The zero-order valence-corrected chi connectivity index (χ0v) is 10.5.